The van der Waals surface area contributed by atoms with Crippen LogP contribution >= 0.6 is 12.4 Å². The van der Waals surface area contributed by atoms with Crippen LogP contribution in [0.4, 0.5) is 0 Å². The first-order valence-corrected chi connectivity index (χ1v) is 7.48. The van der Waals surface area contributed by atoms with Gasteiger partial charge in [-0.2, -0.15) is 0 Å². The molecule has 0 aliphatic carbocycles. The first-order chi connectivity index (χ1) is 8.98. The van der Waals surface area contributed by atoms with Crippen LogP contribution in [0, 0.1) is 0 Å². The summed E-state index contributed by atoms with van der Waals surface area (Å²) >= 11 is 0. The maximum Gasteiger partial charge on any atom is 0.337 e. The van der Waals surface area contributed by atoms with E-state index in [4.69, 9.17) is 5.73 Å². The lowest BCUT2D eigenvalue weighted by molar-refractivity contribution is 0.0600. The number of nitrogens with two attached hydrogens (primary N) is 1. The fourth-order valence-corrected chi connectivity index (χ4v) is 2.68. The van der Waals surface area contributed by atoms with Crippen LogP contribution in [0.15, 0.2) is 24.3 Å². The van der Waals surface area contributed by atoms with Crippen molar-refractivity contribution in [3.05, 3.63) is 35.4 Å². The number of hydrogen-bond donors (Lipinski definition) is 2. The minimum Gasteiger partial charge on any atom is -0.465 e. The summed E-state index contributed by atoms with van der Waals surface area (Å²) in [7, 11) is -2.14. The molecule has 3 N–H and O–H groups in total. The molecular weight excluding hydrogens is 304 g/mol. The zero-order valence-corrected chi connectivity index (χ0v) is 12.8. The maximum absolute atomic E-state index is 11.8. The number of rotatable bonds is 7. The number of halogens is 1. The number of sulfonamides is 1. The fourth-order valence-electron chi connectivity index (χ4n) is 1.51. The van der Waals surface area contributed by atoms with Crippen LogP contribution < -0.4 is 10.5 Å². The molecule has 1 aromatic carbocycles. The molecule has 0 aliphatic heterocycles. The van der Waals surface area contributed by atoms with Gasteiger partial charge in [0.25, 0.3) is 0 Å². The Hall–Kier alpha value is -1.15. The lowest BCUT2D eigenvalue weighted by Gasteiger charge is -2.07. The monoisotopic (exact) mass is 322 g/mol. The summed E-state index contributed by atoms with van der Waals surface area (Å²) in [4.78, 5) is 11.3. The molecule has 0 unspecified atom stereocenters. The predicted molar refractivity (Wildman–Crippen MR) is 79.3 cm³/mol. The van der Waals surface area contributed by atoms with Gasteiger partial charge in [0.05, 0.1) is 18.4 Å². The Labute approximate surface area is 125 Å². The average Bonchev–Trinajstić information content (AvgIpc) is 2.37. The van der Waals surface area contributed by atoms with Crippen LogP contribution in [0.5, 0.6) is 0 Å². The molecule has 0 aliphatic rings. The number of nitrogens with one attached hydrogen (secondary N) is 1. The number of esters is 1. The van der Waals surface area contributed by atoms with Crippen molar-refractivity contribution in [3.8, 4) is 0 Å². The zero-order valence-electron chi connectivity index (χ0n) is 11.2. The summed E-state index contributed by atoms with van der Waals surface area (Å²) in [5.74, 6) is -0.669. The molecule has 0 spiro atoms. The van der Waals surface area contributed by atoms with E-state index in [1.165, 1.54) is 13.2 Å². The van der Waals surface area contributed by atoms with E-state index in [9.17, 15) is 13.2 Å². The largest absolute Gasteiger partial charge is 0.465 e. The fraction of sp³-hybridized carbons (Fsp3) is 0.417. The van der Waals surface area contributed by atoms with Crippen molar-refractivity contribution in [2.75, 3.05) is 20.2 Å². The summed E-state index contributed by atoms with van der Waals surface area (Å²) in [6, 6.07) is 6.35. The first kappa shape index (κ1) is 18.9. The topological polar surface area (TPSA) is 98.5 Å². The van der Waals surface area contributed by atoms with Crippen LogP contribution in [0.3, 0.4) is 0 Å². The summed E-state index contributed by atoms with van der Waals surface area (Å²) in [5, 5.41) is 0. The van der Waals surface area contributed by atoms with Gasteiger partial charge in [-0.25, -0.2) is 17.9 Å². The van der Waals surface area contributed by atoms with E-state index in [0.717, 1.165) is 0 Å². The molecule has 0 amide bonds. The molecule has 20 heavy (non-hydrogen) atoms. The normalized spacial score (nSPS) is 10.7. The van der Waals surface area contributed by atoms with Crippen LogP contribution in [0.2, 0.25) is 0 Å². The van der Waals surface area contributed by atoms with Crippen LogP contribution in [0.25, 0.3) is 0 Å². The van der Waals surface area contributed by atoms with Gasteiger partial charge in [0.2, 0.25) is 10.0 Å². The Morgan fingerprint density at radius 1 is 1.40 bits per heavy atom. The quantitative estimate of drug-likeness (QED) is 0.567. The molecule has 114 valence electrons. The molecule has 0 atom stereocenters. The predicted octanol–water partition coefficient (Wildman–Crippen LogP) is 0.663. The zero-order chi connectivity index (χ0) is 14.3. The third-order valence-corrected chi connectivity index (χ3v) is 3.76. The lowest BCUT2D eigenvalue weighted by atomic mass is 10.1. The Morgan fingerprint density at radius 3 is 2.70 bits per heavy atom. The molecule has 0 fully saturated rings. The van der Waals surface area contributed by atoms with Gasteiger partial charge < -0.3 is 10.5 Å². The van der Waals surface area contributed by atoms with Crippen molar-refractivity contribution in [1.82, 2.24) is 4.72 Å². The van der Waals surface area contributed by atoms with Crippen molar-refractivity contribution < 1.29 is 17.9 Å². The minimum atomic E-state index is -3.41. The van der Waals surface area contributed by atoms with Gasteiger partial charge in [0.1, 0.15) is 0 Å². The molecule has 8 heteroatoms. The molecular formula is C12H19ClN2O4S. The molecule has 6 nitrogen and oxygen atoms in total. The summed E-state index contributed by atoms with van der Waals surface area (Å²) in [6.07, 6.45) is 0.585. The number of hydrogen-bond acceptors (Lipinski definition) is 5. The van der Waals surface area contributed by atoms with Crippen molar-refractivity contribution in [2.24, 2.45) is 5.73 Å². The second-order valence-electron chi connectivity index (χ2n) is 3.99. The third kappa shape index (κ3) is 6.33. The molecule has 0 saturated heterocycles. The summed E-state index contributed by atoms with van der Waals surface area (Å²) in [6.45, 7) is 0.746. The number of carbonyl (C=O) groups is 1. The average molecular weight is 323 g/mol. The maximum atomic E-state index is 11.8. The summed E-state index contributed by atoms with van der Waals surface area (Å²) < 4.78 is 30.5. The van der Waals surface area contributed by atoms with E-state index in [1.807, 2.05) is 0 Å². The van der Waals surface area contributed by atoms with E-state index in [1.54, 1.807) is 18.2 Å². The smallest absolute Gasteiger partial charge is 0.337 e. The first-order valence-electron chi connectivity index (χ1n) is 5.83. The van der Waals surface area contributed by atoms with Crippen LogP contribution in [-0.2, 0) is 20.5 Å². The second-order valence-corrected chi connectivity index (χ2v) is 5.79. The highest BCUT2D eigenvalue weighted by Crippen LogP contribution is 2.09. The van der Waals surface area contributed by atoms with Crippen LogP contribution in [-0.4, -0.2) is 34.6 Å². The molecule has 1 rings (SSSR count). The van der Waals surface area contributed by atoms with Gasteiger partial charge in [-0.05, 0) is 30.7 Å². The third-order valence-electron chi connectivity index (χ3n) is 2.41. The number of carbonyl (C=O) groups excluding carboxylic acids is 1. The van der Waals surface area contributed by atoms with E-state index >= 15 is 0 Å². The van der Waals surface area contributed by atoms with Crippen molar-refractivity contribution in [2.45, 2.75) is 12.2 Å². The molecule has 1 aromatic rings. The van der Waals surface area contributed by atoms with Crippen molar-refractivity contribution in [1.29, 1.82) is 0 Å². The molecule has 0 heterocycles. The van der Waals surface area contributed by atoms with Crippen LogP contribution in [0.1, 0.15) is 22.3 Å². The second kappa shape index (κ2) is 8.91. The lowest BCUT2D eigenvalue weighted by Crippen LogP contribution is -2.27. The van der Waals surface area contributed by atoms with Gasteiger partial charge in [-0.3, -0.25) is 0 Å². The Kier molecular flexibility index (Phi) is 8.40. The van der Waals surface area contributed by atoms with Gasteiger partial charge in [-0.15, -0.1) is 12.4 Å². The highest BCUT2D eigenvalue weighted by atomic mass is 35.5. The number of benzene rings is 1. The highest BCUT2D eigenvalue weighted by Gasteiger charge is 2.12. The molecule has 0 bridgehead atoms. The van der Waals surface area contributed by atoms with Gasteiger partial charge >= 0.3 is 5.97 Å². The summed E-state index contributed by atoms with van der Waals surface area (Å²) in [5.41, 5.74) is 6.15. The van der Waals surface area contributed by atoms with Gasteiger partial charge in [-0.1, -0.05) is 12.1 Å². The Morgan fingerprint density at radius 2 is 2.10 bits per heavy atom. The van der Waals surface area contributed by atoms with Gasteiger partial charge in [0, 0.05) is 6.54 Å². The van der Waals surface area contributed by atoms with Crippen molar-refractivity contribution in [3.63, 3.8) is 0 Å². The van der Waals surface area contributed by atoms with E-state index in [-0.39, 0.29) is 18.2 Å². The van der Waals surface area contributed by atoms with Crippen molar-refractivity contribution >= 4 is 28.4 Å². The molecule has 0 aromatic heterocycles. The Bertz CT molecular complexity index is 534. The molecule has 0 saturated carbocycles. The van der Waals surface area contributed by atoms with E-state index < -0.39 is 16.0 Å². The Balaban J connectivity index is 0.00000361. The SMILES string of the molecule is COC(=O)c1cccc(CS(=O)(=O)NCCCN)c1.Cl. The van der Waals surface area contributed by atoms with E-state index in [2.05, 4.69) is 9.46 Å². The van der Waals surface area contributed by atoms with E-state index in [0.29, 0.717) is 30.6 Å². The minimum absolute atomic E-state index is 0. The number of methoxy groups -OCH3 is 1. The number of ether oxygens (including phenoxy) is 1. The molecule has 0 radical (unpaired) electrons. The van der Waals surface area contributed by atoms with Gasteiger partial charge in [0.15, 0.2) is 0 Å². The standard InChI is InChI=1S/C12H18N2O4S.ClH/c1-18-12(15)11-5-2-4-10(8-11)9-19(16,17)14-7-3-6-13;/h2,4-5,8,14H,3,6-7,9,13H2,1H3;1H. The highest BCUT2D eigenvalue weighted by molar-refractivity contribution is 7.88.